The molecule has 1 fully saturated rings. The van der Waals surface area contributed by atoms with Crippen LogP contribution in [0.5, 0.6) is 5.75 Å². The maximum atomic E-state index is 9.44. The molecule has 4 N–H and O–H groups in total. The van der Waals surface area contributed by atoms with Crippen molar-refractivity contribution in [1.82, 2.24) is 29.3 Å². The van der Waals surface area contributed by atoms with Gasteiger partial charge in [0.25, 0.3) is 0 Å². The van der Waals surface area contributed by atoms with Crippen molar-refractivity contribution < 1.29 is 19.4 Å². The van der Waals surface area contributed by atoms with Gasteiger partial charge in [0.15, 0.2) is 11.4 Å². The second-order valence-electron chi connectivity index (χ2n) is 9.35. The number of nitrogen functional groups attached to an aromatic ring is 1. The molecule has 1 unspecified atom stereocenters. The Hall–Kier alpha value is -4.13. The Kier molecular flexibility index (Phi) is 6.58. The van der Waals surface area contributed by atoms with E-state index in [2.05, 4.69) is 25.0 Å². The van der Waals surface area contributed by atoms with Gasteiger partial charge in [0.1, 0.15) is 24.2 Å². The van der Waals surface area contributed by atoms with Crippen molar-refractivity contribution >= 4 is 28.2 Å². The second kappa shape index (κ2) is 10.3. The number of piperazine rings is 1. The number of ether oxygens (including phenoxy) is 1. The van der Waals surface area contributed by atoms with Gasteiger partial charge in [0, 0.05) is 38.4 Å². The van der Waals surface area contributed by atoms with Crippen molar-refractivity contribution in [2.75, 3.05) is 56.6 Å². The number of hydrogen-bond acceptors (Lipinski definition) is 10. The third-order valence-corrected chi connectivity index (χ3v) is 6.86. The molecule has 0 saturated carbocycles. The molecule has 1 atom stereocenters. The van der Waals surface area contributed by atoms with Crippen LogP contribution in [0.25, 0.3) is 28.0 Å². The van der Waals surface area contributed by atoms with Gasteiger partial charge in [-0.25, -0.2) is 4.68 Å². The Morgan fingerprint density at radius 1 is 1.08 bits per heavy atom. The molecule has 1 saturated heterocycles. The number of hydrogen-bond donors (Lipinski definition) is 3. The van der Waals surface area contributed by atoms with Gasteiger partial charge in [-0.05, 0) is 42.5 Å². The number of furan rings is 1. The Morgan fingerprint density at radius 3 is 2.63 bits per heavy atom. The average Bonchev–Trinajstić information content (AvgIpc) is 3.71. The van der Waals surface area contributed by atoms with Gasteiger partial charge < -0.3 is 30.0 Å². The fraction of sp³-hybridized carbons (Fsp3) is 0.346. The summed E-state index contributed by atoms with van der Waals surface area (Å²) < 4.78 is 14.5. The van der Waals surface area contributed by atoms with E-state index in [-0.39, 0.29) is 13.2 Å². The average molecular weight is 519 g/mol. The maximum absolute atomic E-state index is 9.44. The molecule has 12 nitrogen and oxygen atoms in total. The summed E-state index contributed by atoms with van der Waals surface area (Å²) in [5, 5.41) is 28.4. The summed E-state index contributed by atoms with van der Waals surface area (Å²) >= 11 is 0. The van der Waals surface area contributed by atoms with Crippen LogP contribution in [0, 0.1) is 0 Å². The fourth-order valence-electron chi connectivity index (χ4n) is 4.75. The zero-order valence-electron chi connectivity index (χ0n) is 20.8. The molecule has 0 aliphatic carbocycles. The van der Waals surface area contributed by atoms with E-state index in [4.69, 9.17) is 20.0 Å². The Morgan fingerprint density at radius 2 is 1.89 bits per heavy atom. The smallest absolute Gasteiger partial charge is 0.223 e. The lowest BCUT2D eigenvalue weighted by molar-refractivity contribution is 0.0536. The third kappa shape index (κ3) is 4.76. The highest BCUT2D eigenvalue weighted by Crippen LogP contribution is 2.27. The Balaban J connectivity index is 1.07. The first-order valence-electron chi connectivity index (χ1n) is 12.6. The molecule has 1 aliphatic rings. The summed E-state index contributed by atoms with van der Waals surface area (Å²) in [6.45, 7) is 5.03. The third-order valence-electron chi connectivity index (χ3n) is 6.86. The lowest BCUT2D eigenvalue weighted by atomic mass is 10.2. The molecule has 0 spiro atoms. The van der Waals surface area contributed by atoms with E-state index in [0.29, 0.717) is 29.7 Å². The number of nitrogens with two attached hydrogens (primary N) is 1. The molecular weight excluding hydrogens is 488 g/mol. The number of nitrogens with zero attached hydrogens (tertiary/aromatic N) is 7. The van der Waals surface area contributed by atoms with Crippen molar-refractivity contribution in [1.29, 1.82) is 0 Å². The van der Waals surface area contributed by atoms with Crippen molar-refractivity contribution in [3.63, 3.8) is 0 Å². The summed E-state index contributed by atoms with van der Waals surface area (Å²) in [6, 6.07) is 13.5. The molecule has 6 rings (SSSR count). The van der Waals surface area contributed by atoms with Crippen LogP contribution in [0.3, 0.4) is 0 Å². The molecule has 1 aliphatic heterocycles. The molecule has 5 heterocycles. The predicted octanol–water partition coefficient (Wildman–Crippen LogP) is 1.48. The first-order chi connectivity index (χ1) is 18.6. The molecule has 4 aromatic heterocycles. The molecular formula is C26H30N8O4. The van der Waals surface area contributed by atoms with Gasteiger partial charge in [0.2, 0.25) is 5.95 Å². The van der Waals surface area contributed by atoms with Gasteiger partial charge in [0.05, 0.1) is 36.5 Å². The minimum absolute atomic E-state index is 0.0709. The summed E-state index contributed by atoms with van der Waals surface area (Å²) in [4.78, 5) is 9.37. The van der Waals surface area contributed by atoms with Crippen molar-refractivity contribution in [2.45, 2.75) is 12.6 Å². The molecule has 12 heteroatoms. The minimum Gasteiger partial charge on any atom is -0.491 e. The monoisotopic (exact) mass is 518 g/mol. The first-order valence-corrected chi connectivity index (χ1v) is 12.6. The van der Waals surface area contributed by atoms with E-state index in [1.54, 1.807) is 10.8 Å². The normalized spacial score (nSPS) is 15.5. The summed E-state index contributed by atoms with van der Waals surface area (Å²) in [7, 11) is 0. The van der Waals surface area contributed by atoms with Gasteiger partial charge in [-0.1, -0.05) is 0 Å². The molecule has 5 aromatic rings. The Bertz CT molecular complexity index is 1500. The zero-order chi connectivity index (χ0) is 26.1. The quantitative estimate of drug-likeness (QED) is 0.262. The standard InChI is InChI=1S/C26H30N8O4/c27-26-29-25-21(23-14-22(30-34(23)26)24-2-1-13-37-24)15-28-33(25)12-9-31-7-10-32(11-8-31)18-3-5-20(6-4-18)38-17-19(36)16-35/h1-6,13-15,19,35-36H,7-12,16-17H2,(H2,27,29). The van der Waals surface area contributed by atoms with E-state index in [0.717, 1.165) is 55.0 Å². The Labute approximate surface area is 218 Å². The number of aliphatic hydroxyl groups excluding tert-OH is 2. The first kappa shape index (κ1) is 24.2. The predicted molar refractivity (Wildman–Crippen MR) is 142 cm³/mol. The summed E-state index contributed by atoms with van der Waals surface area (Å²) in [5.41, 5.74) is 9.67. The molecule has 0 radical (unpaired) electrons. The summed E-state index contributed by atoms with van der Waals surface area (Å²) in [5.74, 6) is 1.66. The molecule has 38 heavy (non-hydrogen) atoms. The molecule has 0 bridgehead atoms. The lowest BCUT2D eigenvalue weighted by Gasteiger charge is -2.36. The van der Waals surface area contributed by atoms with Crippen LogP contribution in [0.2, 0.25) is 0 Å². The largest absolute Gasteiger partial charge is 0.491 e. The van der Waals surface area contributed by atoms with Crippen LogP contribution in [-0.2, 0) is 6.54 Å². The van der Waals surface area contributed by atoms with Gasteiger partial charge in [-0.2, -0.15) is 19.7 Å². The number of fused-ring (bicyclic) bond motifs is 3. The lowest BCUT2D eigenvalue weighted by Crippen LogP contribution is -2.47. The van der Waals surface area contributed by atoms with E-state index in [9.17, 15) is 5.11 Å². The number of benzene rings is 1. The minimum atomic E-state index is -0.872. The van der Waals surface area contributed by atoms with E-state index < -0.39 is 6.10 Å². The van der Waals surface area contributed by atoms with E-state index in [1.807, 2.05) is 53.3 Å². The van der Waals surface area contributed by atoms with E-state index in [1.165, 1.54) is 0 Å². The van der Waals surface area contributed by atoms with Gasteiger partial charge in [-0.3, -0.25) is 4.90 Å². The van der Waals surface area contributed by atoms with E-state index >= 15 is 0 Å². The van der Waals surface area contributed by atoms with Crippen molar-refractivity contribution in [2.24, 2.45) is 0 Å². The highest BCUT2D eigenvalue weighted by Gasteiger charge is 2.19. The number of anilines is 2. The van der Waals surface area contributed by atoms with Crippen LogP contribution in [-0.4, -0.2) is 91.5 Å². The van der Waals surface area contributed by atoms with Crippen LogP contribution in [0.15, 0.2) is 59.3 Å². The topological polar surface area (TPSA) is 143 Å². The van der Waals surface area contributed by atoms with Crippen molar-refractivity contribution in [3.05, 3.63) is 54.9 Å². The highest BCUT2D eigenvalue weighted by atomic mass is 16.5. The fourth-order valence-corrected chi connectivity index (χ4v) is 4.75. The number of aromatic nitrogens is 5. The number of rotatable bonds is 9. The molecule has 1 aromatic carbocycles. The SMILES string of the molecule is Nc1nc2c(cnn2CCN2CCN(c3ccc(OCC(O)CO)cc3)CC2)c2cc(-c3ccco3)nn12. The second-order valence-corrected chi connectivity index (χ2v) is 9.35. The zero-order valence-corrected chi connectivity index (χ0v) is 20.8. The van der Waals surface area contributed by atoms with Crippen LogP contribution in [0.1, 0.15) is 0 Å². The highest BCUT2D eigenvalue weighted by molar-refractivity contribution is 5.93. The molecule has 0 amide bonds. The van der Waals surface area contributed by atoms with Gasteiger partial charge in [-0.15, -0.1) is 0 Å². The maximum Gasteiger partial charge on any atom is 0.223 e. The van der Waals surface area contributed by atoms with Crippen LogP contribution < -0.4 is 15.4 Å². The van der Waals surface area contributed by atoms with Gasteiger partial charge >= 0.3 is 0 Å². The molecule has 198 valence electrons. The van der Waals surface area contributed by atoms with Crippen LogP contribution in [0.4, 0.5) is 11.6 Å². The number of aliphatic hydroxyl groups is 2. The van der Waals surface area contributed by atoms with Crippen LogP contribution >= 0.6 is 0 Å². The summed E-state index contributed by atoms with van der Waals surface area (Å²) in [6.07, 6.45) is 2.57. The van der Waals surface area contributed by atoms with Crippen molar-refractivity contribution in [3.8, 4) is 17.2 Å².